The number of aliphatic hydroxyl groups is 1. The SMILES string of the molecule is CCOC(=O)C(O)c1ccc(NC(=O)OC2/C=C/CCCCC2)cc1. The van der Waals surface area contributed by atoms with Crippen LogP contribution in [0.1, 0.15) is 50.7 Å². The van der Waals surface area contributed by atoms with Crippen molar-refractivity contribution in [2.45, 2.75) is 51.2 Å². The summed E-state index contributed by atoms with van der Waals surface area (Å²) in [7, 11) is 0. The number of hydrogen-bond acceptors (Lipinski definition) is 5. The van der Waals surface area contributed by atoms with Crippen molar-refractivity contribution in [3.05, 3.63) is 42.0 Å². The molecule has 0 bridgehead atoms. The minimum atomic E-state index is -1.33. The second-order valence-corrected chi connectivity index (χ2v) is 5.91. The van der Waals surface area contributed by atoms with E-state index in [1.165, 1.54) is 6.42 Å². The molecule has 6 nitrogen and oxygen atoms in total. The van der Waals surface area contributed by atoms with E-state index >= 15 is 0 Å². The Hall–Kier alpha value is -2.34. The van der Waals surface area contributed by atoms with Crippen LogP contribution in [0.4, 0.5) is 10.5 Å². The van der Waals surface area contributed by atoms with E-state index in [4.69, 9.17) is 9.47 Å². The van der Waals surface area contributed by atoms with Crippen molar-refractivity contribution in [1.82, 2.24) is 0 Å². The van der Waals surface area contributed by atoms with Gasteiger partial charge in [-0.05, 0) is 56.4 Å². The minimum Gasteiger partial charge on any atom is -0.464 e. The number of esters is 1. The monoisotopic (exact) mass is 347 g/mol. The van der Waals surface area contributed by atoms with E-state index < -0.39 is 18.2 Å². The number of carbonyl (C=O) groups excluding carboxylic acids is 2. The Kier molecular flexibility index (Phi) is 7.47. The van der Waals surface area contributed by atoms with Gasteiger partial charge in [0.25, 0.3) is 0 Å². The maximum atomic E-state index is 12.0. The summed E-state index contributed by atoms with van der Waals surface area (Å²) in [6.45, 7) is 1.88. The van der Waals surface area contributed by atoms with E-state index in [0.717, 1.165) is 25.7 Å². The number of amides is 1. The van der Waals surface area contributed by atoms with Crippen molar-refractivity contribution in [2.75, 3.05) is 11.9 Å². The first-order valence-corrected chi connectivity index (χ1v) is 8.69. The summed E-state index contributed by atoms with van der Waals surface area (Å²) in [4.78, 5) is 23.5. The highest BCUT2D eigenvalue weighted by molar-refractivity contribution is 5.85. The van der Waals surface area contributed by atoms with Gasteiger partial charge in [-0.1, -0.05) is 24.6 Å². The van der Waals surface area contributed by atoms with Gasteiger partial charge in [0.1, 0.15) is 6.10 Å². The number of aliphatic hydroxyl groups excluding tert-OH is 1. The zero-order valence-electron chi connectivity index (χ0n) is 14.4. The van der Waals surface area contributed by atoms with Crippen molar-refractivity contribution in [3.63, 3.8) is 0 Å². The lowest BCUT2D eigenvalue weighted by molar-refractivity contribution is -0.153. The molecule has 25 heavy (non-hydrogen) atoms. The fraction of sp³-hybridized carbons (Fsp3) is 0.474. The molecule has 0 fully saturated rings. The normalized spacial score (nSPS) is 19.8. The molecule has 0 spiro atoms. The Labute approximate surface area is 147 Å². The van der Waals surface area contributed by atoms with Gasteiger partial charge in [0.2, 0.25) is 0 Å². The van der Waals surface area contributed by atoms with Crippen LogP contribution in [0.25, 0.3) is 0 Å². The first-order valence-electron chi connectivity index (χ1n) is 8.69. The fourth-order valence-electron chi connectivity index (χ4n) is 2.62. The highest BCUT2D eigenvalue weighted by atomic mass is 16.6. The first-order chi connectivity index (χ1) is 12.1. The second kappa shape index (κ2) is 9.84. The Morgan fingerprint density at radius 1 is 1.24 bits per heavy atom. The summed E-state index contributed by atoms with van der Waals surface area (Å²) < 4.78 is 10.2. The van der Waals surface area contributed by atoms with Crippen molar-refractivity contribution in [3.8, 4) is 0 Å². The average molecular weight is 347 g/mol. The van der Waals surface area contributed by atoms with Crippen molar-refractivity contribution in [2.24, 2.45) is 0 Å². The summed E-state index contributed by atoms with van der Waals surface area (Å²) in [6, 6.07) is 6.33. The number of hydrogen-bond donors (Lipinski definition) is 2. The van der Waals surface area contributed by atoms with Crippen LogP contribution in [0.3, 0.4) is 0 Å². The summed E-state index contributed by atoms with van der Waals surface area (Å²) in [5, 5.41) is 12.5. The molecule has 1 aliphatic carbocycles. The van der Waals surface area contributed by atoms with Crippen LogP contribution >= 0.6 is 0 Å². The topological polar surface area (TPSA) is 84.9 Å². The fourth-order valence-corrected chi connectivity index (χ4v) is 2.62. The molecule has 0 aliphatic heterocycles. The third kappa shape index (κ3) is 6.23. The van der Waals surface area contributed by atoms with Crippen LogP contribution in [0.15, 0.2) is 36.4 Å². The molecule has 6 heteroatoms. The summed E-state index contributed by atoms with van der Waals surface area (Å²) in [6.07, 6.45) is 7.17. The predicted molar refractivity (Wildman–Crippen MR) is 94.2 cm³/mol. The van der Waals surface area contributed by atoms with Gasteiger partial charge in [-0.15, -0.1) is 0 Å². The molecule has 0 aromatic heterocycles. The molecule has 2 rings (SSSR count). The molecule has 2 atom stereocenters. The first kappa shape index (κ1) is 19.0. The summed E-state index contributed by atoms with van der Waals surface area (Å²) >= 11 is 0. The van der Waals surface area contributed by atoms with E-state index in [1.807, 2.05) is 6.08 Å². The van der Waals surface area contributed by atoms with Crippen molar-refractivity contribution >= 4 is 17.7 Å². The lowest BCUT2D eigenvalue weighted by Crippen LogP contribution is -2.21. The van der Waals surface area contributed by atoms with E-state index in [1.54, 1.807) is 31.2 Å². The predicted octanol–water partition coefficient (Wildman–Crippen LogP) is 3.72. The Morgan fingerprint density at radius 2 is 2.00 bits per heavy atom. The Morgan fingerprint density at radius 3 is 2.72 bits per heavy atom. The summed E-state index contributed by atoms with van der Waals surface area (Å²) in [5.74, 6) is -0.696. The molecule has 0 saturated heterocycles. The summed E-state index contributed by atoms with van der Waals surface area (Å²) in [5.41, 5.74) is 0.931. The highest BCUT2D eigenvalue weighted by Crippen LogP contribution is 2.19. The van der Waals surface area contributed by atoms with Crippen LogP contribution in [0, 0.1) is 0 Å². The lowest BCUT2D eigenvalue weighted by Gasteiger charge is -2.17. The Bertz CT molecular complexity index is 596. The largest absolute Gasteiger partial charge is 0.464 e. The van der Waals surface area contributed by atoms with Crippen LogP contribution < -0.4 is 5.32 Å². The standard InChI is InChI=1S/C19H25NO5/c1-2-24-18(22)17(21)14-10-12-15(13-11-14)20-19(23)25-16-8-6-4-3-5-7-9-16/h6,8,10-13,16-17,21H,2-5,7,9H2,1H3,(H,20,23)/b8-6+. The molecule has 0 saturated carbocycles. The van der Waals surface area contributed by atoms with Crippen LogP contribution in [-0.2, 0) is 14.3 Å². The number of allylic oxidation sites excluding steroid dienone is 1. The average Bonchev–Trinajstić information content (AvgIpc) is 2.57. The third-order valence-electron chi connectivity index (χ3n) is 3.95. The molecule has 0 radical (unpaired) electrons. The lowest BCUT2D eigenvalue weighted by atomic mass is 10.0. The smallest absolute Gasteiger partial charge is 0.412 e. The van der Waals surface area contributed by atoms with Crippen LogP contribution in [0.2, 0.25) is 0 Å². The molecule has 1 aromatic carbocycles. The van der Waals surface area contributed by atoms with Gasteiger partial charge in [0, 0.05) is 5.69 Å². The van der Waals surface area contributed by atoms with Gasteiger partial charge >= 0.3 is 12.1 Å². The van der Waals surface area contributed by atoms with Gasteiger partial charge in [0.15, 0.2) is 6.10 Å². The number of rotatable bonds is 5. The third-order valence-corrected chi connectivity index (χ3v) is 3.95. The Balaban J connectivity index is 1.88. The molecular formula is C19H25NO5. The van der Waals surface area contributed by atoms with E-state index in [9.17, 15) is 14.7 Å². The molecular weight excluding hydrogens is 322 g/mol. The van der Waals surface area contributed by atoms with Gasteiger partial charge in [-0.2, -0.15) is 0 Å². The van der Waals surface area contributed by atoms with Gasteiger partial charge in [0.05, 0.1) is 6.61 Å². The van der Waals surface area contributed by atoms with E-state index in [0.29, 0.717) is 11.3 Å². The number of benzene rings is 1. The molecule has 1 aromatic rings. The van der Waals surface area contributed by atoms with Crippen molar-refractivity contribution in [1.29, 1.82) is 0 Å². The maximum absolute atomic E-state index is 12.0. The molecule has 1 aliphatic rings. The van der Waals surface area contributed by atoms with Crippen LogP contribution in [-0.4, -0.2) is 29.9 Å². The van der Waals surface area contributed by atoms with E-state index in [2.05, 4.69) is 11.4 Å². The molecule has 1 amide bonds. The van der Waals surface area contributed by atoms with Gasteiger partial charge in [-0.25, -0.2) is 9.59 Å². The van der Waals surface area contributed by atoms with Crippen LogP contribution in [0.5, 0.6) is 0 Å². The molecule has 136 valence electrons. The van der Waals surface area contributed by atoms with Gasteiger partial charge in [-0.3, -0.25) is 5.32 Å². The number of anilines is 1. The zero-order valence-corrected chi connectivity index (χ0v) is 14.4. The van der Waals surface area contributed by atoms with Crippen molar-refractivity contribution < 1.29 is 24.2 Å². The van der Waals surface area contributed by atoms with E-state index in [-0.39, 0.29) is 12.7 Å². The molecule has 0 heterocycles. The van der Waals surface area contributed by atoms with Gasteiger partial charge < -0.3 is 14.6 Å². The number of carbonyl (C=O) groups is 2. The molecule has 2 unspecified atom stereocenters. The minimum absolute atomic E-state index is 0.204. The second-order valence-electron chi connectivity index (χ2n) is 5.91. The number of ether oxygens (including phenoxy) is 2. The maximum Gasteiger partial charge on any atom is 0.412 e. The number of nitrogens with one attached hydrogen (secondary N) is 1. The molecule has 2 N–H and O–H groups in total. The quantitative estimate of drug-likeness (QED) is 0.626. The highest BCUT2D eigenvalue weighted by Gasteiger charge is 2.18. The zero-order chi connectivity index (χ0) is 18.1.